The number of nitrogens with zero attached hydrogens (tertiary/aromatic N) is 1. The zero-order valence-electron chi connectivity index (χ0n) is 15.5. The van der Waals surface area contributed by atoms with Crippen molar-refractivity contribution in [3.05, 3.63) is 58.9 Å². The normalized spacial score (nSPS) is 11.8. The number of halogens is 3. The van der Waals surface area contributed by atoms with Crippen LogP contribution < -0.4 is 16.7 Å². The van der Waals surface area contributed by atoms with Gasteiger partial charge in [-0.2, -0.15) is 0 Å². The Hall–Kier alpha value is -2.29. The van der Waals surface area contributed by atoms with E-state index < -0.39 is 38.3 Å². The molecule has 0 aromatic heterocycles. The van der Waals surface area contributed by atoms with Crippen molar-refractivity contribution in [1.29, 1.82) is 0 Å². The number of carbonyl (C=O) groups is 1. The molecule has 0 bridgehead atoms. The Morgan fingerprint density at radius 3 is 2.46 bits per heavy atom. The van der Waals surface area contributed by atoms with Gasteiger partial charge in [0, 0.05) is 24.7 Å². The molecule has 0 saturated carbocycles. The summed E-state index contributed by atoms with van der Waals surface area (Å²) in [5.74, 6) is -3.48. The highest BCUT2D eigenvalue weighted by atomic mass is 19.2. The van der Waals surface area contributed by atoms with E-state index in [2.05, 4.69) is 0 Å². The molecule has 10 heteroatoms. The number of benzene rings is 2. The van der Waals surface area contributed by atoms with Crippen molar-refractivity contribution >= 4 is 31.8 Å². The van der Waals surface area contributed by atoms with Gasteiger partial charge in [0.25, 0.3) is 5.91 Å². The Bertz CT molecular complexity index is 853. The molecule has 5 nitrogen and oxygen atoms in total. The average Bonchev–Trinajstić information content (AvgIpc) is 2.66. The van der Waals surface area contributed by atoms with Crippen molar-refractivity contribution in [3.8, 4) is 0 Å². The molecule has 2 aromatic carbocycles. The number of amides is 1. The van der Waals surface area contributed by atoms with Gasteiger partial charge in [0.2, 0.25) is 0 Å². The molecule has 0 aliphatic heterocycles. The summed E-state index contributed by atoms with van der Waals surface area (Å²) in [6, 6.07) is 5.54. The third-order valence-electron chi connectivity index (χ3n) is 4.24. The molecule has 1 amide bonds. The van der Waals surface area contributed by atoms with Crippen LogP contribution in [0, 0.1) is 17.5 Å². The minimum absolute atomic E-state index is 0.0266. The fourth-order valence-corrected chi connectivity index (χ4v) is 2.79. The molecule has 28 heavy (non-hydrogen) atoms. The van der Waals surface area contributed by atoms with E-state index in [9.17, 15) is 28.0 Å². The predicted molar refractivity (Wildman–Crippen MR) is 104 cm³/mol. The molecule has 4 N–H and O–H groups in total. The maximum Gasteiger partial charge on any atom is 0.307 e. The standard InChI is InChI=1S/C18H21B2F3N2O3/c1-10(24)2-3-25(9-11-4-15(20-28)17(23)16(22)5-11)18(26)12-6-13(19-27)8-14(21)7-12/h4-8,10,19-20,27-28H,2-3,9,24H2,1H3/t10-/m1/s1. The van der Waals surface area contributed by atoms with Crippen LogP contribution in [0.4, 0.5) is 13.2 Å². The van der Waals surface area contributed by atoms with Gasteiger partial charge < -0.3 is 20.7 Å². The fraction of sp³-hybridized carbons (Fsp3) is 0.278. The molecule has 0 radical (unpaired) electrons. The first-order valence-electron chi connectivity index (χ1n) is 8.78. The van der Waals surface area contributed by atoms with Gasteiger partial charge in [-0.1, -0.05) is 12.1 Å². The molecule has 2 aromatic rings. The lowest BCUT2D eigenvalue weighted by Crippen LogP contribution is -2.35. The second-order valence-corrected chi connectivity index (χ2v) is 6.71. The van der Waals surface area contributed by atoms with Gasteiger partial charge in [0.15, 0.2) is 11.6 Å². The van der Waals surface area contributed by atoms with E-state index in [1.165, 1.54) is 17.0 Å². The van der Waals surface area contributed by atoms with Crippen LogP contribution in [0.15, 0.2) is 30.3 Å². The molecule has 0 aliphatic rings. The Morgan fingerprint density at radius 2 is 1.86 bits per heavy atom. The van der Waals surface area contributed by atoms with Gasteiger partial charge in [-0.25, -0.2) is 13.2 Å². The molecule has 0 aliphatic carbocycles. The van der Waals surface area contributed by atoms with E-state index >= 15 is 0 Å². The number of nitrogens with two attached hydrogens (primary N) is 1. The Kier molecular flexibility index (Phi) is 7.68. The van der Waals surface area contributed by atoms with Crippen molar-refractivity contribution in [2.45, 2.75) is 25.9 Å². The Labute approximate surface area is 162 Å². The largest absolute Gasteiger partial charge is 0.449 e. The summed E-state index contributed by atoms with van der Waals surface area (Å²) >= 11 is 0. The highest BCUT2D eigenvalue weighted by molar-refractivity contribution is 6.46. The lowest BCUT2D eigenvalue weighted by atomic mass is 9.86. The zero-order valence-corrected chi connectivity index (χ0v) is 15.5. The summed E-state index contributed by atoms with van der Waals surface area (Å²) in [6.45, 7) is 1.88. The third-order valence-corrected chi connectivity index (χ3v) is 4.24. The van der Waals surface area contributed by atoms with Gasteiger partial charge in [-0.3, -0.25) is 4.79 Å². The zero-order chi connectivity index (χ0) is 20.8. The second-order valence-electron chi connectivity index (χ2n) is 6.71. The van der Waals surface area contributed by atoms with Crippen LogP contribution in [0.3, 0.4) is 0 Å². The molecular weight excluding hydrogens is 371 g/mol. The molecule has 0 spiro atoms. The SMILES string of the molecule is C[C@@H](N)CCN(Cc1cc(F)c(F)c(BO)c1)C(=O)c1cc(F)cc(BO)c1. The van der Waals surface area contributed by atoms with E-state index in [-0.39, 0.29) is 41.2 Å². The van der Waals surface area contributed by atoms with Crippen LogP contribution in [0.25, 0.3) is 0 Å². The predicted octanol–water partition coefficient (Wildman–Crippen LogP) is -0.578. The van der Waals surface area contributed by atoms with Crippen molar-refractivity contribution in [2.75, 3.05) is 6.54 Å². The van der Waals surface area contributed by atoms with Crippen LogP contribution >= 0.6 is 0 Å². The maximum absolute atomic E-state index is 13.8. The highest BCUT2D eigenvalue weighted by Crippen LogP contribution is 2.14. The second kappa shape index (κ2) is 9.77. The van der Waals surface area contributed by atoms with Gasteiger partial charge in [-0.05, 0) is 48.0 Å². The third kappa shape index (κ3) is 5.60. The van der Waals surface area contributed by atoms with E-state index in [1.54, 1.807) is 6.92 Å². The Morgan fingerprint density at radius 1 is 1.14 bits per heavy atom. The van der Waals surface area contributed by atoms with Crippen molar-refractivity contribution in [3.63, 3.8) is 0 Å². The summed E-state index contributed by atoms with van der Waals surface area (Å²) < 4.78 is 41.2. The van der Waals surface area contributed by atoms with E-state index in [1.807, 2.05) is 0 Å². The van der Waals surface area contributed by atoms with Crippen LogP contribution in [0.5, 0.6) is 0 Å². The minimum Gasteiger partial charge on any atom is -0.449 e. The van der Waals surface area contributed by atoms with Gasteiger partial charge in [-0.15, -0.1) is 0 Å². The summed E-state index contributed by atoms with van der Waals surface area (Å²) in [4.78, 5) is 14.2. The van der Waals surface area contributed by atoms with E-state index in [0.717, 1.165) is 18.2 Å². The van der Waals surface area contributed by atoms with Crippen molar-refractivity contribution in [2.24, 2.45) is 5.73 Å². The van der Waals surface area contributed by atoms with Gasteiger partial charge in [0.05, 0.1) is 0 Å². The number of carbonyl (C=O) groups excluding carboxylic acids is 1. The van der Waals surface area contributed by atoms with E-state index in [4.69, 9.17) is 5.73 Å². The molecule has 0 fully saturated rings. The number of rotatable bonds is 8. The lowest BCUT2D eigenvalue weighted by Gasteiger charge is -2.24. The first-order chi connectivity index (χ1) is 13.2. The molecule has 2 rings (SSSR count). The molecule has 0 unspecified atom stereocenters. The molecule has 0 saturated heterocycles. The first kappa shape index (κ1) is 22.0. The van der Waals surface area contributed by atoms with Crippen molar-refractivity contribution < 1.29 is 28.0 Å². The topological polar surface area (TPSA) is 86.8 Å². The monoisotopic (exact) mass is 392 g/mol. The summed E-state index contributed by atoms with van der Waals surface area (Å²) in [7, 11) is -1.12. The summed E-state index contributed by atoms with van der Waals surface area (Å²) in [5, 5.41) is 18.4. The maximum atomic E-state index is 13.8. The van der Waals surface area contributed by atoms with Crippen LogP contribution in [0.1, 0.15) is 29.3 Å². The highest BCUT2D eigenvalue weighted by Gasteiger charge is 2.20. The van der Waals surface area contributed by atoms with Crippen LogP contribution in [-0.2, 0) is 6.54 Å². The lowest BCUT2D eigenvalue weighted by molar-refractivity contribution is 0.0738. The summed E-state index contributed by atoms with van der Waals surface area (Å²) in [6.07, 6.45) is 0.435. The van der Waals surface area contributed by atoms with Crippen molar-refractivity contribution in [1.82, 2.24) is 4.90 Å². The molecular formula is C18H21B2F3N2O3. The molecule has 1 atom stereocenters. The quantitative estimate of drug-likeness (QED) is 0.525. The summed E-state index contributed by atoms with van der Waals surface area (Å²) in [5.41, 5.74) is 6.08. The van der Waals surface area contributed by atoms with E-state index in [0.29, 0.717) is 6.42 Å². The van der Waals surface area contributed by atoms with Crippen LogP contribution in [0.2, 0.25) is 0 Å². The van der Waals surface area contributed by atoms with Gasteiger partial charge in [0.1, 0.15) is 5.82 Å². The first-order valence-corrected chi connectivity index (χ1v) is 8.78. The average molecular weight is 392 g/mol. The molecule has 148 valence electrons. The minimum atomic E-state index is -1.14. The van der Waals surface area contributed by atoms with Crippen LogP contribution in [-0.4, -0.2) is 48.4 Å². The molecule has 0 heterocycles. The van der Waals surface area contributed by atoms with Gasteiger partial charge >= 0.3 is 15.0 Å². The number of hydrogen-bond donors (Lipinski definition) is 3. The number of hydrogen-bond acceptors (Lipinski definition) is 4. The fourth-order valence-electron chi connectivity index (χ4n) is 2.79. The smallest absolute Gasteiger partial charge is 0.307 e. The Balaban J connectivity index is 2.35.